The van der Waals surface area contributed by atoms with E-state index in [-0.39, 0.29) is 6.61 Å². The summed E-state index contributed by atoms with van der Waals surface area (Å²) in [6.07, 6.45) is 10.5. The van der Waals surface area contributed by atoms with Crippen LogP contribution in [-0.4, -0.2) is 55.8 Å². The molecule has 2 aromatic heterocycles. The average Bonchev–Trinajstić information content (AvgIpc) is 3.04. The van der Waals surface area contributed by atoms with E-state index in [9.17, 15) is 0 Å². The van der Waals surface area contributed by atoms with Gasteiger partial charge < -0.3 is 10.0 Å². The highest BCUT2D eigenvalue weighted by Crippen LogP contribution is 2.25. The molecule has 2 aromatic rings. The molecule has 1 fully saturated rings. The molecule has 1 N–H and O–H groups in total. The van der Waals surface area contributed by atoms with Gasteiger partial charge >= 0.3 is 0 Å². The third-order valence-corrected chi connectivity index (χ3v) is 4.26. The van der Waals surface area contributed by atoms with Crippen molar-refractivity contribution in [3.63, 3.8) is 0 Å². The summed E-state index contributed by atoms with van der Waals surface area (Å²) in [7, 11) is 0. The summed E-state index contributed by atoms with van der Waals surface area (Å²) >= 11 is 0. The summed E-state index contributed by atoms with van der Waals surface area (Å²) < 4.78 is 2.00. The number of rotatable bonds is 5. The molecular formula is C16H23N5O. The van der Waals surface area contributed by atoms with E-state index < -0.39 is 0 Å². The first-order chi connectivity index (χ1) is 10.8. The summed E-state index contributed by atoms with van der Waals surface area (Å²) in [4.78, 5) is 15.8. The first-order valence-electron chi connectivity index (χ1n) is 7.99. The van der Waals surface area contributed by atoms with E-state index in [1.54, 1.807) is 12.4 Å². The molecule has 22 heavy (non-hydrogen) atoms. The van der Waals surface area contributed by atoms with E-state index in [4.69, 9.17) is 10.1 Å². The average molecular weight is 301 g/mol. The van der Waals surface area contributed by atoms with E-state index in [1.807, 2.05) is 17.0 Å². The second-order valence-electron chi connectivity index (χ2n) is 5.73. The van der Waals surface area contributed by atoms with Gasteiger partial charge in [0.1, 0.15) is 5.82 Å². The zero-order valence-corrected chi connectivity index (χ0v) is 13.0. The van der Waals surface area contributed by atoms with Crippen LogP contribution in [0, 0.1) is 0 Å². The summed E-state index contributed by atoms with van der Waals surface area (Å²) in [6.45, 7) is 5.05. The highest BCUT2D eigenvalue weighted by molar-refractivity contribution is 5.24. The van der Waals surface area contributed by atoms with Crippen molar-refractivity contribution in [2.45, 2.75) is 32.1 Å². The first-order valence-corrected chi connectivity index (χ1v) is 7.99. The summed E-state index contributed by atoms with van der Waals surface area (Å²) in [5.74, 6) is 2.23. The van der Waals surface area contributed by atoms with Crippen LogP contribution in [0.1, 0.15) is 37.2 Å². The van der Waals surface area contributed by atoms with Crippen molar-refractivity contribution in [3.05, 3.63) is 36.3 Å². The largest absolute Gasteiger partial charge is 0.395 e. The van der Waals surface area contributed by atoms with E-state index in [0.717, 1.165) is 56.2 Å². The molecule has 0 spiro atoms. The fraction of sp³-hybridized carbons (Fsp3) is 0.562. The van der Waals surface area contributed by atoms with Crippen LogP contribution in [0.4, 0.5) is 0 Å². The topological polar surface area (TPSA) is 67.1 Å². The Balaban J connectivity index is 1.82. The third-order valence-electron chi connectivity index (χ3n) is 4.26. The number of aromatic nitrogens is 4. The van der Waals surface area contributed by atoms with E-state index in [1.165, 1.54) is 0 Å². The number of β-amino-alcohol motifs (C(OH)–C–C–N with tert-alkyl or cyclic N) is 1. The number of hydrogen-bond acceptors (Lipinski definition) is 5. The van der Waals surface area contributed by atoms with Crippen LogP contribution in [0.25, 0.3) is 5.82 Å². The Morgan fingerprint density at radius 3 is 3.09 bits per heavy atom. The number of hydrogen-bond donors (Lipinski definition) is 1. The Morgan fingerprint density at radius 1 is 1.36 bits per heavy atom. The lowest BCUT2D eigenvalue weighted by atomic mass is 9.95. The Hall–Kier alpha value is -1.79. The van der Waals surface area contributed by atoms with Crippen LogP contribution < -0.4 is 0 Å². The molecule has 6 nitrogen and oxygen atoms in total. The number of aliphatic hydroxyl groups excluding tert-OH is 1. The Bertz CT molecular complexity index is 610. The number of aryl methyl sites for hydroxylation is 1. The SMILES string of the molecule is CCc1nccn1-c1cncc(C2CCCN(CCO)C2)n1. The lowest BCUT2D eigenvalue weighted by molar-refractivity contribution is 0.160. The van der Waals surface area contributed by atoms with Crippen molar-refractivity contribution in [1.82, 2.24) is 24.4 Å². The molecule has 0 bridgehead atoms. The van der Waals surface area contributed by atoms with Crippen molar-refractivity contribution in [1.29, 1.82) is 0 Å². The minimum atomic E-state index is 0.216. The lowest BCUT2D eigenvalue weighted by Gasteiger charge is -2.31. The van der Waals surface area contributed by atoms with Crippen LogP contribution >= 0.6 is 0 Å². The fourth-order valence-electron chi connectivity index (χ4n) is 3.13. The van der Waals surface area contributed by atoms with Crippen molar-refractivity contribution in [2.24, 2.45) is 0 Å². The number of aliphatic hydroxyl groups is 1. The molecule has 0 amide bonds. The van der Waals surface area contributed by atoms with Gasteiger partial charge in [0.2, 0.25) is 0 Å². The standard InChI is InChI=1S/C16H23N5O/c1-2-15-18-5-7-21(15)16-11-17-10-14(19-16)13-4-3-6-20(12-13)8-9-22/h5,7,10-11,13,22H,2-4,6,8-9,12H2,1H3. The quantitative estimate of drug-likeness (QED) is 0.904. The van der Waals surface area contributed by atoms with Gasteiger partial charge in [-0.1, -0.05) is 6.92 Å². The second kappa shape index (κ2) is 6.98. The van der Waals surface area contributed by atoms with Crippen molar-refractivity contribution in [3.8, 4) is 5.82 Å². The van der Waals surface area contributed by atoms with E-state index >= 15 is 0 Å². The Labute approximate surface area is 130 Å². The van der Waals surface area contributed by atoms with Crippen LogP contribution in [0.2, 0.25) is 0 Å². The highest BCUT2D eigenvalue weighted by atomic mass is 16.3. The van der Waals surface area contributed by atoms with Crippen LogP contribution in [0.15, 0.2) is 24.8 Å². The minimum absolute atomic E-state index is 0.216. The van der Waals surface area contributed by atoms with Crippen LogP contribution in [0.3, 0.4) is 0 Å². The second-order valence-corrected chi connectivity index (χ2v) is 5.73. The van der Waals surface area contributed by atoms with Gasteiger partial charge in [0, 0.05) is 44.0 Å². The molecule has 1 atom stereocenters. The number of piperidine rings is 1. The predicted octanol–water partition coefficient (Wildman–Crippen LogP) is 1.40. The molecule has 1 aliphatic heterocycles. The maximum absolute atomic E-state index is 9.12. The van der Waals surface area contributed by atoms with Gasteiger partial charge in [-0.05, 0) is 19.4 Å². The van der Waals surface area contributed by atoms with Gasteiger partial charge in [-0.15, -0.1) is 0 Å². The van der Waals surface area contributed by atoms with Crippen molar-refractivity contribution < 1.29 is 5.11 Å². The maximum atomic E-state index is 9.12. The van der Waals surface area contributed by atoms with Gasteiger partial charge in [0.05, 0.1) is 18.5 Å². The number of imidazole rings is 1. The smallest absolute Gasteiger partial charge is 0.156 e. The van der Waals surface area contributed by atoms with Gasteiger partial charge in [0.15, 0.2) is 5.82 Å². The molecule has 0 aliphatic carbocycles. The normalized spacial score (nSPS) is 19.5. The molecule has 6 heteroatoms. The molecule has 1 saturated heterocycles. The minimum Gasteiger partial charge on any atom is -0.395 e. The van der Waals surface area contributed by atoms with Gasteiger partial charge in [-0.25, -0.2) is 9.97 Å². The molecule has 3 heterocycles. The van der Waals surface area contributed by atoms with Crippen molar-refractivity contribution >= 4 is 0 Å². The van der Waals surface area contributed by atoms with E-state index in [0.29, 0.717) is 5.92 Å². The zero-order chi connectivity index (χ0) is 15.4. The summed E-state index contributed by atoms with van der Waals surface area (Å²) in [5.41, 5.74) is 1.04. The van der Waals surface area contributed by atoms with Gasteiger partial charge in [-0.2, -0.15) is 0 Å². The summed E-state index contributed by atoms with van der Waals surface area (Å²) in [5, 5.41) is 9.12. The molecule has 0 radical (unpaired) electrons. The number of nitrogens with zero attached hydrogens (tertiary/aromatic N) is 5. The highest BCUT2D eigenvalue weighted by Gasteiger charge is 2.22. The van der Waals surface area contributed by atoms with Gasteiger partial charge in [0.25, 0.3) is 0 Å². The monoisotopic (exact) mass is 301 g/mol. The molecule has 3 rings (SSSR count). The maximum Gasteiger partial charge on any atom is 0.156 e. The van der Waals surface area contributed by atoms with Gasteiger partial charge in [-0.3, -0.25) is 9.55 Å². The molecule has 1 unspecified atom stereocenters. The molecule has 0 saturated carbocycles. The Morgan fingerprint density at radius 2 is 2.27 bits per heavy atom. The number of likely N-dealkylation sites (tertiary alicyclic amines) is 1. The Kier molecular flexibility index (Phi) is 4.80. The summed E-state index contributed by atoms with van der Waals surface area (Å²) in [6, 6.07) is 0. The van der Waals surface area contributed by atoms with E-state index in [2.05, 4.69) is 21.8 Å². The first kappa shape index (κ1) is 15.1. The van der Waals surface area contributed by atoms with Crippen LogP contribution in [0.5, 0.6) is 0 Å². The van der Waals surface area contributed by atoms with Crippen molar-refractivity contribution in [2.75, 3.05) is 26.2 Å². The predicted molar refractivity (Wildman–Crippen MR) is 84.0 cm³/mol. The zero-order valence-electron chi connectivity index (χ0n) is 13.0. The molecular weight excluding hydrogens is 278 g/mol. The van der Waals surface area contributed by atoms with Crippen LogP contribution in [-0.2, 0) is 6.42 Å². The molecule has 118 valence electrons. The third kappa shape index (κ3) is 3.18. The lowest BCUT2D eigenvalue weighted by Crippen LogP contribution is -2.36. The molecule has 1 aliphatic rings. The molecule has 0 aromatic carbocycles. The fourth-order valence-corrected chi connectivity index (χ4v) is 3.13.